The molecule has 0 aliphatic heterocycles. The third-order valence-corrected chi connectivity index (χ3v) is 3.03. The van der Waals surface area contributed by atoms with Gasteiger partial charge in [-0.05, 0) is 12.1 Å². The molecule has 0 radical (unpaired) electrons. The number of benzene rings is 1. The van der Waals surface area contributed by atoms with E-state index in [4.69, 9.17) is 23.2 Å². The van der Waals surface area contributed by atoms with Crippen LogP contribution in [0.4, 0.5) is 4.39 Å². The molecule has 0 aliphatic carbocycles. The van der Waals surface area contributed by atoms with Crippen LogP contribution in [0.3, 0.4) is 0 Å². The summed E-state index contributed by atoms with van der Waals surface area (Å²) in [6.45, 7) is -1.38. The lowest BCUT2D eigenvalue weighted by Crippen LogP contribution is -2.57. The number of hydrogen-bond donors (Lipinski definition) is 2. The Labute approximate surface area is 123 Å². The van der Waals surface area contributed by atoms with Crippen LogP contribution in [-0.2, 0) is 10.5 Å². The fourth-order valence-electron chi connectivity index (χ4n) is 1.60. The van der Waals surface area contributed by atoms with Crippen LogP contribution in [0.25, 0.3) is 0 Å². The first-order valence-electron chi connectivity index (χ1n) is 5.41. The summed E-state index contributed by atoms with van der Waals surface area (Å²) in [4.78, 5) is 19.9. The van der Waals surface area contributed by atoms with E-state index in [-0.39, 0.29) is 5.56 Å². The van der Waals surface area contributed by atoms with Crippen molar-refractivity contribution in [2.24, 2.45) is 0 Å². The van der Waals surface area contributed by atoms with Crippen molar-refractivity contribution in [3.8, 4) is 0 Å². The number of nitrogens with zero attached hydrogens (tertiary/aromatic N) is 1. The quantitative estimate of drug-likeness (QED) is 0.358. The minimum absolute atomic E-state index is 0.173. The molecule has 6 nitrogen and oxygen atoms in total. The van der Waals surface area contributed by atoms with Gasteiger partial charge in [-0.3, -0.25) is 14.9 Å². The average Bonchev–Trinajstić information content (AvgIpc) is 2.44. The number of nitro groups is 1. The van der Waals surface area contributed by atoms with Crippen molar-refractivity contribution >= 4 is 29.1 Å². The normalized spacial score (nSPS) is 15.4. The monoisotopic (exact) mass is 324 g/mol. The first-order chi connectivity index (χ1) is 9.33. The van der Waals surface area contributed by atoms with Gasteiger partial charge in [-0.1, -0.05) is 41.4 Å². The summed E-state index contributed by atoms with van der Waals surface area (Å²) >= 11 is 10.6. The van der Waals surface area contributed by atoms with E-state index in [0.717, 1.165) is 0 Å². The molecule has 0 heterocycles. The Kier molecular flexibility index (Phi) is 5.67. The molecule has 0 saturated carbocycles. The molecule has 2 atom stereocenters. The van der Waals surface area contributed by atoms with Gasteiger partial charge in [0.25, 0.3) is 5.91 Å². The van der Waals surface area contributed by atoms with Crippen molar-refractivity contribution in [3.05, 3.63) is 46.0 Å². The highest BCUT2D eigenvalue weighted by Gasteiger charge is 2.52. The summed E-state index contributed by atoms with van der Waals surface area (Å²) in [7, 11) is 0. The van der Waals surface area contributed by atoms with Crippen LogP contribution in [0, 0.1) is 10.1 Å². The van der Waals surface area contributed by atoms with Gasteiger partial charge in [0.2, 0.25) is 0 Å². The van der Waals surface area contributed by atoms with Crippen LogP contribution in [0.15, 0.2) is 30.3 Å². The number of aliphatic hydroxyl groups is 1. The van der Waals surface area contributed by atoms with Gasteiger partial charge in [-0.15, -0.1) is 0 Å². The van der Waals surface area contributed by atoms with Gasteiger partial charge in [-0.25, -0.2) is 4.39 Å². The molecule has 0 aliphatic rings. The number of halogens is 3. The molecule has 1 aromatic rings. The second-order valence-corrected chi connectivity index (χ2v) is 4.96. The molecule has 1 rings (SSSR count). The maximum absolute atomic E-state index is 13.1. The zero-order chi connectivity index (χ0) is 15.3. The SMILES string of the molecule is O=C(NC(CF)C(O)(c1ccccc1)[N+](=O)[O-])C(Cl)Cl. The van der Waals surface area contributed by atoms with E-state index < -0.39 is 34.1 Å². The highest BCUT2D eigenvalue weighted by Crippen LogP contribution is 2.26. The van der Waals surface area contributed by atoms with Crippen LogP contribution < -0.4 is 5.32 Å². The van der Waals surface area contributed by atoms with Gasteiger partial charge in [0.05, 0.1) is 10.5 Å². The molecule has 2 N–H and O–H groups in total. The Morgan fingerprint density at radius 3 is 2.40 bits per heavy atom. The molecule has 2 unspecified atom stereocenters. The number of carbonyl (C=O) groups is 1. The van der Waals surface area contributed by atoms with Gasteiger partial charge < -0.3 is 10.4 Å². The van der Waals surface area contributed by atoms with Crippen LogP contribution in [0.1, 0.15) is 5.56 Å². The van der Waals surface area contributed by atoms with E-state index in [0.29, 0.717) is 0 Å². The Morgan fingerprint density at radius 2 is 2.00 bits per heavy atom. The largest absolute Gasteiger partial charge is 0.371 e. The maximum Gasteiger partial charge on any atom is 0.371 e. The van der Waals surface area contributed by atoms with Crippen molar-refractivity contribution < 1.29 is 19.2 Å². The van der Waals surface area contributed by atoms with Crippen LogP contribution in [-0.4, -0.2) is 33.5 Å². The first-order valence-corrected chi connectivity index (χ1v) is 6.28. The van der Waals surface area contributed by atoms with E-state index in [1.54, 1.807) is 6.07 Å². The van der Waals surface area contributed by atoms with Crippen LogP contribution in [0.5, 0.6) is 0 Å². The van der Waals surface area contributed by atoms with Gasteiger partial charge in [0, 0.05) is 0 Å². The fraction of sp³-hybridized carbons (Fsp3) is 0.364. The Morgan fingerprint density at radius 1 is 1.45 bits per heavy atom. The zero-order valence-corrected chi connectivity index (χ0v) is 11.5. The third kappa shape index (κ3) is 3.36. The topological polar surface area (TPSA) is 92.5 Å². The molecule has 1 amide bonds. The predicted octanol–water partition coefficient (Wildman–Crippen LogP) is 1.37. The molecule has 110 valence electrons. The number of nitrogens with one attached hydrogen (secondary N) is 1. The second-order valence-electron chi connectivity index (χ2n) is 3.87. The summed E-state index contributed by atoms with van der Waals surface area (Å²) in [5, 5.41) is 23.3. The maximum atomic E-state index is 13.1. The lowest BCUT2D eigenvalue weighted by molar-refractivity contribution is -0.641. The fourth-order valence-corrected chi connectivity index (χ4v) is 1.72. The Bertz CT molecular complexity index is 489. The van der Waals surface area contributed by atoms with Crippen molar-refractivity contribution in [1.29, 1.82) is 0 Å². The molecular formula is C11H11Cl2FN2O4. The summed E-state index contributed by atoms with van der Waals surface area (Å²) in [6, 6.07) is 5.11. The van der Waals surface area contributed by atoms with Crippen molar-refractivity contribution in [2.75, 3.05) is 6.67 Å². The molecule has 0 bridgehead atoms. The Hall–Kier alpha value is -1.44. The minimum atomic E-state index is -2.83. The molecule has 0 fully saturated rings. The lowest BCUT2D eigenvalue weighted by atomic mass is 9.96. The minimum Gasteiger partial charge on any atom is -0.339 e. The highest BCUT2D eigenvalue weighted by atomic mass is 35.5. The van der Waals surface area contributed by atoms with E-state index in [1.807, 2.05) is 5.32 Å². The summed E-state index contributed by atoms with van der Waals surface area (Å²) in [5.41, 5.74) is -3.00. The second kappa shape index (κ2) is 6.83. The molecule has 1 aromatic carbocycles. The number of hydrogen-bond acceptors (Lipinski definition) is 4. The number of amides is 1. The van der Waals surface area contributed by atoms with E-state index >= 15 is 0 Å². The summed E-state index contributed by atoms with van der Waals surface area (Å²) in [5.74, 6) is -1.04. The van der Waals surface area contributed by atoms with Gasteiger partial charge >= 0.3 is 5.72 Å². The zero-order valence-electron chi connectivity index (χ0n) is 10.0. The molecule has 20 heavy (non-hydrogen) atoms. The number of rotatable bonds is 6. The molecule has 0 spiro atoms. The summed E-state index contributed by atoms with van der Waals surface area (Å²) < 4.78 is 13.1. The molecule has 0 saturated heterocycles. The Balaban J connectivity index is 3.17. The van der Waals surface area contributed by atoms with Gasteiger partial charge in [0.15, 0.2) is 10.9 Å². The van der Waals surface area contributed by atoms with Crippen LogP contribution in [0.2, 0.25) is 0 Å². The molecule has 0 aromatic heterocycles. The lowest BCUT2D eigenvalue weighted by Gasteiger charge is -2.27. The van der Waals surface area contributed by atoms with Crippen molar-refractivity contribution in [2.45, 2.75) is 16.6 Å². The molecule has 9 heteroatoms. The predicted molar refractivity (Wildman–Crippen MR) is 70.7 cm³/mol. The average molecular weight is 325 g/mol. The summed E-state index contributed by atoms with van der Waals surface area (Å²) in [6.07, 6.45) is 0. The van der Waals surface area contributed by atoms with Gasteiger partial charge in [0.1, 0.15) is 6.67 Å². The third-order valence-electron chi connectivity index (χ3n) is 2.63. The van der Waals surface area contributed by atoms with Crippen molar-refractivity contribution in [3.63, 3.8) is 0 Å². The smallest absolute Gasteiger partial charge is 0.339 e. The first kappa shape index (κ1) is 16.6. The van der Waals surface area contributed by atoms with E-state index in [9.17, 15) is 24.4 Å². The van der Waals surface area contributed by atoms with Gasteiger partial charge in [-0.2, -0.15) is 0 Å². The highest BCUT2D eigenvalue weighted by molar-refractivity contribution is 6.53. The number of carbonyl (C=O) groups excluding carboxylic acids is 1. The van der Waals surface area contributed by atoms with Crippen molar-refractivity contribution in [1.82, 2.24) is 5.32 Å². The standard InChI is InChI=1S/C11H11Cl2FN2O4/c12-9(13)10(17)15-8(6-14)11(18,16(19)20)7-4-2-1-3-5-7/h1-5,8-9,18H,6H2,(H,15,17). The molecular weight excluding hydrogens is 314 g/mol. The van der Waals surface area contributed by atoms with E-state index in [1.165, 1.54) is 24.3 Å². The number of alkyl halides is 3. The van der Waals surface area contributed by atoms with Crippen LogP contribution >= 0.6 is 23.2 Å². The van der Waals surface area contributed by atoms with E-state index in [2.05, 4.69) is 0 Å².